The Morgan fingerprint density at radius 3 is 2.39 bits per heavy atom. The van der Waals surface area contributed by atoms with Gasteiger partial charge < -0.3 is 20.5 Å². The van der Waals surface area contributed by atoms with E-state index < -0.39 is 28.5 Å². The number of hydrogen-bond acceptors (Lipinski definition) is 8. The highest BCUT2D eigenvalue weighted by Crippen LogP contribution is 2.27. The molecule has 0 aromatic heterocycles. The molecule has 31 heavy (non-hydrogen) atoms. The van der Waals surface area contributed by atoms with E-state index in [1.165, 1.54) is 31.4 Å². The van der Waals surface area contributed by atoms with Crippen molar-refractivity contribution in [2.24, 2.45) is 5.73 Å². The number of primary amides is 1. The van der Waals surface area contributed by atoms with Crippen LogP contribution in [0.2, 0.25) is 0 Å². The van der Waals surface area contributed by atoms with Gasteiger partial charge in [-0.05, 0) is 42.3 Å². The summed E-state index contributed by atoms with van der Waals surface area (Å²) in [6, 6.07) is 11.2. The first-order valence-electron chi connectivity index (χ1n) is 9.17. The van der Waals surface area contributed by atoms with Crippen molar-refractivity contribution in [1.29, 1.82) is 0 Å². The standard InChI is InChI=1S/C20H25N3O7S/c1-28-17-8-7-14(11-18(17)29-2)9-10-22-19(24)13-23(30-31(3,26)27)16-6-4-5-15(12-16)20(21)25/h4-8,11-12H,9-10,13H2,1-3H3,(H2,21,25)(H,22,24). The number of carbonyl (C=O) groups is 2. The van der Waals surface area contributed by atoms with Crippen molar-refractivity contribution in [1.82, 2.24) is 5.32 Å². The molecule has 0 bridgehead atoms. The average molecular weight is 452 g/mol. The van der Waals surface area contributed by atoms with Crippen LogP contribution in [0.3, 0.4) is 0 Å². The number of nitrogens with two attached hydrogens (primary N) is 1. The smallest absolute Gasteiger partial charge is 0.285 e. The van der Waals surface area contributed by atoms with Gasteiger partial charge in [0, 0.05) is 12.1 Å². The summed E-state index contributed by atoms with van der Waals surface area (Å²) in [5, 5.41) is 3.58. The maximum atomic E-state index is 12.4. The molecular formula is C20H25N3O7S. The lowest BCUT2D eigenvalue weighted by molar-refractivity contribution is -0.120. The number of ether oxygens (including phenoxy) is 2. The molecule has 2 rings (SSSR count). The highest BCUT2D eigenvalue weighted by atomic mass is 32.2. The highest BCUT2D eigenvalue weighted by Gasteiger charge is 2.18. The van der Waals surface area contributed by atoms with Crippen LogP contribution in [0.5, 0.6) is 11.5 Å². The minimum atomic E-state index is -3.92. The summed E-state index contributed by atoms with van der Waals surface area (Å²) >= 11 is 0. The average Bonchev–Trinajstić information content (AvgIpc) is 2.72. The van der Waals surface area contributed by atoms with Gasteiger partial charge in [0.05, 0.1) is 26.2 Å². The van der Waals surface area contributed by atoms with Crippen LogP contribution in [-0.2, 0) is 25.6 Å². The lowest BCUT2D eigenvalue weighted by atomic mass is 10.1. The number of nitrogens with one attached hydrogen (secondary N) is 1. The molecule has 0 saturated heterocycles. The van der Waals surface area contributed by atoms with Gasteiger partial charge in [-0.2, -0.15) is 8.42 Å². The summed E-state index contributed by atoms with van der Waals surface area (Å²) < 4.78 is 38.6. The van der Waals surface area contributed by atoms with Gasteiger partial charge in [-0.3, -0.25) is 9.59 Å². The first-order valence-corrected chi connectivity index (χ1v) is 11.0. The number of amides is 2. The minimum absolute atomic E-state index is 0.147. The second-order valence-corrected chi connectivity index (χ2v) is 8.08. The van der Waals surface area contributed by atoms with Crippen molar-refractivity contribution >= 4 is 27.6 Å². The van der Waals surface area contributed by atoms with Crippen molar-refractivity contribution in [2.45, 2.75) is 6.42 Å². The first kappa shape index (κ1) is 24.0. The second-order valence-electron chi connectivity index (χ2n) is 6.52. The maximum absolute atomic E-state index is 12.4. The molecule has 2 aromatic rings. The number of methoxy groups -OCH3 is 2. The molecule has 2 aromatic carbocycles. The molecule has 0 spiro atoms. The first-order chi connectivity index (χ1) is 14.6. The Bertz CT molecular complexity index is 1040. The van der Waals surface area contributed by atoms with Crippen LogP contribution in [-0.4, -0.2) is 53.8 Å². The third kappa shape index (κ3) is 7.46. The van der Waals surface area contributed by atoms with Crippen LogP contribution < -0.4 is 25.6 Å². The van der Waals surface area contributed by atoms with Crippen LogP contribution in [0.25, 0.3) is 0 Å². The lowest BCUT2D eigenvalue weighted by Gasteiger charge is -2.22. The molecule has 11 heteroatoms. The van der Waals surface area contributed by atoms with E-state index in [0.717, 1.165) is 16.9 Å². The summed E-state index contributed by atoms with van der Waals surface area (Å²) in [7, 11) is -0.846. The fraction of sp³-hybridized carbons (Fsp3) is 0.300. The highest BCUT2D eigenvalue weighted by molar-refractivity contribution is 7.86. The van der Waals surface area contributed by atoms with E-state index in [1.807, 2.05) is 6.07 Å². The maximum Gasteiger partial charge on any atom is 0.285 e. The van der Waals surface area contributed by atoms with Crippen molar-refractivity contribution in [3.63, 3.8) is 0 Å². The van der Waals surface area contributed by atoms with Crippen molar-refractivity contribution in [3.05, 3.63) is 53.6 Å². The molecule has 0 unspecified atom stereocenters. The third-order valence-corrected chi connectivity index (χ3v) is 4.57. The van der Waals surface area contributed by atoms with Crippen LogP contribution in [0.4, 0.5) is 5.69 Å². The normalized spacial score (nSPS) is 10.9. The second kappa shape index (κ2) is 10.6. The lowest BCUT2D eigenvalue weighted by Crippen LogP contribution is -2.39. The Kier molecular flexibility index (Phi) is 8.22. The van der Waals surface area contributed by atoms with Gasteiger partial charge in [0.1, 0.15) is 6.54 Å². The predicted octanol–water partition coefficient (Wildman–Crippen LogP) is 0.859. The zero-order chi connectivity index (χ0) is 23.0. The zero-order valence-electron chi connectivity index (χ0n) is 17.5. The van der Waals surface area contributed by atoms with Crippen LogP contribution in [0.15, 0.2) is 42.5 Å². The largest absolute Gasteiger partial charge is 0.493 e. The molecule has 0 saturated carbocycles. The molecule has 0 radical (unpaired) electrons. The van der Waals surface area contributed by atoms with Crippen molar-refractivity contribution < 1.29 is 31.8 Å². The van der Waals surface area contributed by atoms with Crippen LogP contribution >= 0.6 is 0 Å². The summed E-state index contributed by atoms with van der Waals surface area (Å²) in [6.07, 6.45) is 1.36. The Morgan fingerprint density at radius 1 is 1.06 bits per heavy atom. The predicted molar refractivity (Wildman–Crippen MR) is 114 cm³/mol. The molecule has 0 aliphatic heterocycles. The van der Waals surface area contributed by atoms with Crippen LogP contribution in [0.1, 0.15) is 15.9 Å². The van der Waals surface area contributed by atoms with E-state index in [0.29, 0.717) is 24.5 Å². The number of nitrogens with zero attached hydrogens (tertiary/aromatic N) is 1. The van der Waals surface area contributed by atoms with Crippen molar-refractivity contribution in [3.8, 4) is 11.5 Å². The Labute approximate surface area is 181 Å². The van der Waals surface area contributed by atoms with Gasteiger partial charge in [-0.1, -0.05) is 12.1 Å². The number of benzene rings is 2. The molecule has 10 nitrogen and oxygen atoms in total. The minimum Gasteiger partial charge on any atom is -0.493 e. The van der Waals surface area contributed by atoms with E-state index in [1.54, 1.807) is 19.2 Å². The quantitative estimate of drug-likeness (QED) is 0.480. The monoisotopic (exact) mass is 451 g/mol. The summed E-state index contributed by atoms with van der Waals surface area (Å²) in [6.45, 7) is -0.121. The Morgan fingerprint density at radius 2 is 1.77 bits per heavy atom. The topological polar surface area (TPSA) is 137 Å². The van der Waals surface area contributed by atoms with Gasteiger partial charge in [0.2, 0.25) is 11.8 Å². The zero-order valence-corrected chi connectivity index (χ0v) is 18.3. The number of hydrogen-bond donors (Lipinski definition) is 2. The molecule has 0 fully saturated rings. The van der Waals surface area contributed by atoms with Gasteiger partial charge in [0.25, 0.3) is 10.1 Å². The SMILES string of the molecule is COc1ccc(CCNC(=O)CN(OS(C)(=O)=O)c2cccc(C(N)=O)c2)cc1OC. The molecule has 0 heterocycles. The van der Waals surface area contributed by atoms with E-state index in [9.17, 15) is 18.0 Å². The Balaban J connectivity index is 2.04. The third-order valence-electron chi connectivity index (χ3n) is 4.12. The summed E-state index contributed by atoms with van der Waals surface area (Å²) in [5.41, 5.74) is 6.51. The summed E-state index contributed by atoms with van der Waals surface area (Å²) in [4.78, 5) is 23.8. The molecule has 3 N–H and O–H groups in total. The Hall–Kier alpha value is -3.31. The van der Waals surface area contributed by atoms with E-state index in [-0.39, 0.29) is 11.3 Å². The molecular weight excluding hydrogens is 426 g/mol. The van der Waals surface area contributed by atoms with E-state index >= 15 is 0 Å². The summed E-state index contributed by atoms with van der Waals surface area (Å²) in [5.74, 6) is 0.00422. The van der Waals surface area contributed by atoms with Crippen molar-refractivity contribution in [2.75, 3.05) is 38.6 Å². The van der Waals surface area contributed by atoms with Crippen LogP contribution in [0, 0.1) is 0 Å². The molecule has 0 aliphatic rings. The molecule has 2 amide bonds. The number of hydroxylamine groups is 1. The number of rotatable bonds is 11. The molecule has 168 valence electrons. The number of anilines is 1. The van der Waals surface area contributed by atoms with Gasteiger partial charge in [0.15, 0.2) is 11.5 Å². The molecule has 0 aliphatic carbocycles. The van der Waals surface area contributed by atoms with Gasteiger partial charge in [-0.15, -0.1) is 4.28 Å². The van der Waals surface area contributed by atoms with E-state index in [4.69, 9.17) is 19.5 Å². The van der Waals surface area contributed by atoms with Gasteiger partial charge >= 0.3 is 0 Å². The fourth-order valence-corrected chi connectivity index (χ4v) is 3.17. The molecule has 0 atom stereocenters. The fourth-order valence-electron chi connectivity index (χ4n) is 2.71. The van der Waals surface area contributed by atoms with Gasteiger partial charge in [-0.25, -0.2) is 5.06 Å². The van der Waals surface area contributed by atoms with E-state index in [2.05, 4.69) is 5.32 Å². The number of carbonyl (C=O) groups excluding carboxylic acids is 2.